The lowest BCUT2D eigenvalue weighted by Crippen LogP contribution is -2.05. The van der Waals surface area contributed by atoms with Crippen LogP contribution in [0.4, 0.5) is 17.6 Å². The van der Waals surface area contributed by atoms with E-state index >= 15 is 0 Å². The van der Waals surface area contributed by atoms with Crippen LogP contribution >= 0.6 is 12.4 Å². The lowest BCUT2D eigenvalue weighted by molar-refractivity contribution is 0.404. The molecule has 0 unspecified atom stereocenters. The van der Waals surface area contributed by atoms with E-state index < -0.39 is 23.3 Å². The van der Waals surface area contributed by atoms with Gasteiger partial charge >= 0.3 is 0 Å². The third kappa shape index (κ3) is 2.10. The van der Waals surface area contributed by atoms with E-state index in [0.29, 0.717) is 6.07 Å². The lowest BCUT2D eigenvalue weighted by Gasteiger charge is -2.01. The molecule has 1 rings (SSSR count). The Bertz CT molecular complexity index is 316. The summed E-state index contributed by atoms with van der Waals surface area (Å²) < 4.78 is 49.6. The van der Waals surface area contributed by atoms with Crippen molar-refractivity contribution in [3.8, 4) is 0 Å². The van der Waals surface area contributed by atoms with Crippen LogP contribution in [0.15, 0.2) is 6.07 Å². The summed E-state index contributed by atoms with van der Waals surface area (Å²) in [5.41, 5.74) is 4.56. The molecule has 0 spiro atoms. The molecule has 0 heterocycles. The zero-order chi connectivity index (χ0) is 9.30. The van der Waals surface area contributed by atoms with Crippen molar-refractivity contribution in [2.45, 2.75) is 6.54 Å². The minimum Gasteiger partial charge on any atom is -0.326 e. The Kier molecular flexibility index (Phi) is 4.16. The van der Waals surface area contributed by atoms with Crippen LogP contribution in [-0.4, -0.2) is 0 Å². The summed E-state index contributed by atoms with van der Waals surface area (Å²) in [5, 5.41) is 0. The fraction of sp³-hybridized carbons (Fsp3) is 0.143. The SMILES string of the molecule is Cl.NCc1cc(F)c(F)c(F)c1F. The van der Waals surface area contributed by atoms with Gasteiger partial charge in [0.2, 0.25) is 0 Å². The topological polar surface area (TPSA) is 26.0 Å². The second-order valence-corrected chi connectivity index (χ2v) is 2.16. The number of hydrogen-bond donors (Lipinski definition) is 1. The van der Waals surface area contributed by atoms with E-state index in [2.05, 4.69) is 0 Å². The lowest BCUT2D eigenvalue weighted by atomic mass is 10.2. The highest BCUT2D eigenvalue weighted by Gasteiger charge is 2.17. The molecule has 0 aromatic heterocycles. The molecule has 2 N–H and O–H groups in total. The number of nitrogens with two attached hydrogens (primary N) is 1. The zero-order valence-corrected chi connectivity index (χ0v) is 7.10. The van der Waals surface area contributed by atoms with Crippen LogP contribution in [0.3, 0.4) is 0 Å². The van der Waals surface area contributed by atoms with Gasteiger partial charge in [0, 0.05) is 12.1 Å². The summed E-state index contributed by atoms with van der Waals surface area (Å²) in [5.74, 6) is -6.51. The highest BCUT2D eigenvalue weighted by molar-refractivity contribution is 5.85. The van der Waals surface area contributed by atoms with E-state index in [0.717, 1.165) is 0 Å². The molecule has 0 aliphatic carbocycles. The molecule has 0 aliphatic heterocycles. The van der Waals surface area contributed by atoms with Crippen molar-refractivity contribution in [3.05, 3.63) is 34.9 Å². The molecule has 0 bridgehead atoms. The predicted molar refractivity (Wildman–Crippen MR) is 41.4 cm³/mol. The van der Waals surface area contributed by atoms with Crippen LogP contribution in [0.25, 0.3) is 0 Å². The Morgan fingerprint density at radius 3 is 2.00 bits per heavy atom. The van der Waals surface area contributed by atoms with Gasteiger partial charge in [0.15, 0.2) is 23.3 Å². The molecule has 0 amide bonds. The fourth-order valence-electron chi connectivity index (χ4n) is 0.770. The summed E-state index contributed by atoms with van der Waals surface area (Å²) in [4.78, 5) is 0. The standard InChI is InChI=1S/C7H5F4N.ClH/c8-4-1-3(2-12)5(9)7(11)6(4)10;/h1H,2,12H2;1H. The highest BCUT2D eigenvalue weighted by atomic mass is 35.5. The Labute approximate surface area is 78.0 Å². The molecule has 74 valence electrons. The molecular formula is C7H6ClF4N. The first-order valence-electron chi connectivity index (χ1n) is 3.10. The molecule has 0 fully saturated rings. The Morgan fingerprint density at radius 1 is 1.00 bits per heavy atom. The minimum atomic E-state index is -1.82. The van der Waals surface area contributed by atoms with E-state index in [1.165, 1.54) is 0 Å². The molecule has 1 aromatic rings. The van der Waals surface area contributed by atoms with E-state index in [4.69, 9.17) is 5.73 Å². The zero-order valence-electron chi connectivity index (χ0n) is 6.28. The van der Waals surface area contributed by atoms with Gasteiger partial charge in [-0.05, 0) is 6.07 Å². The van der Waals surface area contributed by atoms with E-state index in [1.54, 1.807) is 0 Å². The summed E-state index contributed by atoms with van der Waals surface area (Å²) in [6.45, 7) is -0.375. The number of rotatable bonds is 1. The van der Waals surface area contributed by atoms with Crippen LogP contribution in [0.2, 0.25) is 0 Å². The van der Waals surface area contributed by atoms with Crippen molar-refractivity contribution in [1.29, 1.82) is 0 Å². The normalized spacial score (nSPS) is 9.62. The Balaban J connectivity index is 0.00000144. The van der Waals surface area contributed by atoms with Gasteiger partial charge in [-0.1, -0.05) is 0 Å². The van der Waals surface area contributed by atoms with Gasteiger partial charge < -0.3 is 5.73 Å². The summed E-state index contributed by atoms with van der Waals surface area (Å²) >= 11 is 0. The summed E-state index contributed by atoms with van der Waals surface area (Å²) in [6.07, 6.45) is 0. The van der Waals surface area contributed by atoms with Crippen LogP contribution in [0.5, 0.6) is 0 Å². The van der Waals surface area contributed by atoms with E-state index in [1.807, 2.05) is 0 Å². The van der Waals surface area contributed by atoms with E-state index in [-0.39, 0.29) is 24.5 Å². The molecule has 0 aliphatic rings. The molecule has 0 saturated heterocycles. The maximum Gasteiger partial charge on any atom is 0.197 e. The van der Waals surface area contributed by atoms with Gasteiger partial charge in [0.05, 0.1) is 0 Å². The molecule has 13 heavy (non-hydrogen) atoms. The second-order valence-electron chi connectivity index (χ2n) is 2.16. The quantitative estimate of drug-likeness (QED) is 0.434. The number of halogens is 5. The number of hydrogen-bond acceptors (Lipinski definition) is 1. The third-order valence-corrected chi connectivity index (χ3v) is 1.40. The van der Waals surface area contributed by atoms with Crippen molar-refractivity contribution in [3.63, 3.8) is 0 Å². The van der Waals surface area contributed by atoms with Gasteiger partial charge in [-0.15, -0.1) is 12.4 Å². The van der Waals surface area contributed by atoms with Crippen LogP contribution in [-0.2, 0) is 6.54 Å². The van der Waals surface area contributed by atoms with Gasteiger partial charge in [0.1, 0.15) is 0 Å². The maximum absolute atomic E-state index is 12.6. The third-order valence-electron chi connectivity index (χ3n) is 1.40. The Morgan fingerprint density at radius 2 is 1.54 bits per heavy atom. The van der Waals surface area contributed by atoms with Crippen LogP contribution < -0.4 is 5.73 Å². The largest absolute Gasteiger partial charge is 0.326 e. The Hall–Kier alpha value is -0.810. The van der Waals surface area contributed by atoms with Crippen LogP contribution in [0.1, 0.15) is 5.56 Å². The molecule has 1 nitrogen and oxygen atoms in total. The average Bonchev–Trinajstić information content (AvgIpc) is 2.08. The van der Waals surface area contributed by atoms with Crippen molar-refractivity contribution >= 4 is 12.4 Å². The average molecular weight is 216 g/mol. The van der Waals surface area contributed by atoms with Gasteiger partial charge in [-0.3, -0.25) is 0 Å². The van der Waals surface area contributed by atoms with Crippen LogP contribution in [0, 0.1) is 23.3 Å². The van der Waals surface area contributed by atoms with E-state index in [9.17, 15) is 17.6 Å². The maximum atomic E-state index is 12.6. The summed E-state index contributed by atoms with van der Waals surface area (Å²) in [6, 6.07) is 0.535. The molecule has 6 heteroatoms. The smallest absolute Gasteiger partial charge is 0.197 e. The number of benzene rings is 1. The second kappa shape index (κ2) is 4.43. The van der Waals surface area contributed by atoms with Gasteiger partial charge in [-0.2, -0.15) is 0 Å². The fourth-order valence-corrected chi connectivity index (χ4v) is 0.770. The van der Waals surface area contributed by atoms with Gasteiger partial charge in [-0.25, -0.2) is 17.6 Å². The van der Waals surface area contributed by atoms with Crippen molar-refractivity contribution < 1.29 is 17.6 Å². The summed E-state index contributed by atoms with van der Waals surface area (Å²) in [7, 11) is 0. The van der Waals surface area contributed by atoms with Gasteiger partial charge in [0.25, 0.3) is 0 Å². The predicted octanol–water partition coefficient (Wildman–Crippen LogP) is 2.12. The monoisotopic (exact) mass is 215 g/mol. The first-order chi connectivity index (χ1) is 5.57. The van der Waals surface area contributed by atoms with Crippen molar-refractivity contribution in [2.75, 3.05) is 0 Å². The first kappa shape index (κ1) is 12.2. The van der Waals surface area contributed by atoms with Crippen molar-refractivity contribution in [1.82, 2.24) is 0 Å². The molecule has 1 aromatic carbocycles. The highest BCUT2D eigenvalue weighted by Crippen LogP contribution is 2.17. The first-order valence-corrected chi connectivity index (χ1v) is 3.10. The molecule has 0 radical (unpaired) electrons. The molecule has 0 atom stereocenters. The molecular weight excluding hydrogens is 210 g/mol. The van der Waals surface area contributed by atoms with Crippen molar-refractivity contribution in [2.24, 2.45) is 5.73 Å². The minimum absolute atomic E-state index is 0. The molecule has 0 saturated carbocycles.